The molecule has 0 fully saturated rings. The van der Waals surface area contributed by atoms with E-state index in [9.17, 15) is 0 Å². The smallest absolute Gasteiger partial charge is 0.368 e. The first-order chi connectivity index (χ1) is 8.68. The van der Waals surface area contributed by atoms with Gasteiger partial charge in [-0.3, -0.25) is 0 Å². The topological polar surface area (TPSA) is 27.7 Å². The first kappa shape index (κ1) is 19.8. The Morgan fingerprint density at radius 2 is 1.00 bits per heavy atom. The van der Waals surface area contributed by atoms with E-state index in [2.05, 4.69) is 6.08 Å². The van der Waals surface area contributed by atoms with Gasteiger partial charge in [-0.2, -0.15) is 0 Å². The Morgan fingerprint density at radius 3 is 1.20 bits per heavy atom. The highest BCUT2D eigenvalue weighted by Crippen LogP contribution is 2.31. The van der Waals surface area contributed by atoms with Crippen molar-refractivity contribution >= 4 is 8.80 Å². The molecule has 0 rings (SSSR count). The van der Waals surface area contributed by atoms with Crippen LogP contribution in [0.25, 0.3) is 0 Å². The largest absolute Gasteiger partial charge is 0.506 e. The zero-order valence-electron chi connectivity index (χ0n) is 15.1. The van der Waals surface area contributed by atoms with Crippen LogP contribution in [-0.2, 0) is 13.3 Å². The lowest BCUT2D eigenvalue weighted by molar-refractivity contribution is -0.0735. The third kappa shape index (κ3) is 9.70. The standard InChI is InChI=1S/C16H34O3Si/c1-11-12-13-20(17-14(2,3)4,18-15(5,6)7)19-16(8,9)10/h11-12H,13H2,1-10H3. The zero-order chi connectivity index (χ0) is 16.2. The molecule has 0 N–H and O–H groups in total. The molecule has 0 aromatic carbocycles. The van der Waals surface area contributed by atoms with Gasteiger partial charge in [0.05, 0.1) is 16.8 Å². The molecule has 20 heavy (non-hydrogen) atoms. The van der Waals surface area contributed by atoms with E-state index in [0.29, 0.717) is 6.04 Å². The van der Waals surface area contributed by atoms with Gasteiger partial charge in [0.1, 0.15) is 0 Å². The van der Waals surface area contributed by atoms with Crippen LogP contribution in [-0.4, -0.2) is 25.6 Å². The van der Waals surface area contributed by atoms with Crippen LogP contribution in [0.4, 0.5) is 0 Å². The third-order valence-electron chi connectivity index (χ3n) is 1.99. The molecule has 0 saturated heterocycles. The molecule has 0 aliphatic heterocycles. The molecule has 3 nitrogen and oxygen atoms in total. The van der Waals surface area contributed by atoms with Gasteiger partial charge in [0.25, 0.3) is 0 Å². The highest BCUT2D eigenvalue weighted by atomic mass is 28.4. The van der Waals surface area contributed by atoms with Crippen molar-refractivity contribution < 1.29 is 13.3 Å². The summed E-state index contributed by atoms with van der Waals surface area (Å²) >= 11 is 0. The van der Waals surface area contributed by atoms with E-state index in [0.717, 1.165) is 0 Å². The maximum atomic E-state index is 6.32. The highest BCUT2D eigenvalue weighted by Gasteiger charge is 2.49. The van der Waals surface area contributed by atoms with Crippen molar-refractivity contribution in [2.24, 2.45) is 0 Å². The fraction of sp³-hybridized carbons (Fsp3) is 0.875. The molecule has 120 valence electrons. The average Bonchev–Trinajstić information content (AvgIpc) is 2.05. The van der Waals surface area contributed by atoms with E-state index in [1.807, 2.05) is 75.3 Å². The van der Waals surface area contributed by atoms with Crippen molar-refractivity contribution in [3.05, 3.63) is 12.2 Å². The summed E-state index contributed by atoms with van der Waals surface area (Å²) in [7, 11) is -2.81. The van der Waals surface area contributed by atoms with E-state index in [4.69, 9.17) is 13.3 Å². The minimum Gasteiger partial charge on any atom is -0.368 e. The van der Waals surface area contributed by atoms with Crippen LogP contribution in [0.1, 0.15) is 69.2 Å². The van der Waals surface area contributed by atoms with Gasteiger partial charge >= 0.3 is 8.80 Å². The Morgan fingerprint density at radius 1 is 0.700 bits per heavy atom. The van der Waals surface area contributed by atoms with Crippen molar-refractivity contribution in [3.8, 4) is 0 Å². The van der Waals surface area contributed by atoms with Crippen LogP contribution in [0.2, 0.25) is 6.04 Å². The summed E-state index contributed by atoms with van der Waals surface area (Å²) < 4.78 is 19.0. The summed E-state index contributed by atoms with van der Waals surface area (Å²) in [6, 6.07) is 0.690. The maximum absolute atomic E-state index is 6.32. The molecule has 0 aromatic heterocycles. The lowest BCUT2D eigenvalue weighted by Gasteiger charge is -2.42. The van der Waals surface area contributed by atoms with E-state index in [1.54, 1.807) is 0 Å². The Hall–Kier alpha value is -0.163. The van der Waals surface area contributed by atoms with Crippen LogP contribution >= 0.6 is 0 Å². The first-order valence-corrected chi connectivity index (χ1v) is 9.33. The molecule has 0 spiro atoms. The van der Waals surface area contributed by atoms with Gasteiger partial charge in [0, 0.05) is 6.04 Å². The molecule has 0 bridgehead atoms. The quantitative estimate of drug-likeness (QED) is 0.531. The summed E-state index contributed by atoms with van der Waals surface area (Å²) in [6.45, 7) is 20.4. The molecule has 0 amide bonds. The molecule has 0 aliphatic carbocycles. The Bertz CT molecular complexity index is 275. The van der Waals surface area contributed by atoms with Crippen molar-refractivity contribution in [2.45, 2.75) is 92.1 Å². The summed E-state index contributed by atoms with van der Waals surface area (Å²) in [5.41, 5.74) is -0.904. The second-order valence-electron chi connectivity index (χ2n) is 8.10. The number of hydrogen-bond donors (Lipinski definition) is 0. The summed E-state index contributed by atoms with van der Waals surface area (Å²) in [5.74, 6) is 0. The third-order valence-corrected chi connectivity index (χ3v) is 5.49. The monoisotopic (exact) mass is 302 g/mol. The van der Waals surface area contributed by atoms with Crippen LogP contribution in [0.5, 0.6) is 0 Å². The molecular weight excluding hydrogens is 268 g/mol. The molecule has 0 aromatic rings. The molecule has 0 unspecified atom stereocenters. The minimum absolute atomic E-state index is 0.301. The Balaban J connectivity index is 5.50. The lowest BCUT2D eigenvalue weighted by Crippen LogP contribution is -2.56. The SMILES string of the molecule is CC=CC[Si](OC(C)(C)C)(OC(C)(C)C)OC(C)(C)C. The fourth-order valence-corrected chi connectivity index (χ4v) is 5.55. The number of allylic oxidation sites excluding steroid dienone is 2. The summed E-state index contributed by atoms with van der Waals surface area (Å²) in [5, 5.41) is 0. The van der Waals surface area contributed by atoms with E-state index >= 15 is 0 Å². The summed E-state index contributed by atoms with van der Waals surface area (Å²) in [6.07, 6.45) is 4.10. The van der Waals surface area contributed by atoms with Gasteiger partial charge < -0.3 is 13.3 Å². The number of rotatable bonds is 5. The molecule has 0 radical (unpaired) electrons. The molecule has 0 heterocycles. The van der Waals surface area contributed by atoms with Gasteiger partial charge in [-0.1, -0.05) is 12.2 Å². The van der Waals surface area contributed by atoms with Crippen molar-refractivity contribution in [1.82, 2.24) is 0 Å². The van der Waals surface area contributed by atoms with Crippen molar-refractivity contribution in [3.63, 3.8) is 0 Å². The van der Waals surface area contributed by atoms with Crippen LogP contribution in [0, 0.1) is 0 Å². The highest BCUT2D eigenvalue weighted by molar-refractivity contribution is 6.61. The zero-order valence-corrected chi connectivity index (χ0v) is 16.1. The molecule has 0 saturated carbocycles. The Labute approximate surface area is 127 Å². The Kier molecular flexibility index (Phi) is 6.68. The number of hydrogen-bond acceptors (Lipinski definition) is 3. The summed E-state index contributed by atoms with van der Waals surface area (Å²) in [4.78, 5) is 0. The van der Waals surface area contributed by atoms with Gasteiger partial charge in [-0.25, -0.2) is 0 Å². The van der Waals surface area contributed by atoms with Crippen molar-refractivity contribution in [1.29, 1.82) is 0 Å². The average molecular weight is 303 g/mol. The van der Waals surface area contributed by atoms with E-state index in [-0.39, 0.29) is 16.8 Å². The lowest BCUT2D eigenvalue weighted by atomic mass is 10.2. The molecule has 0 aliphatic rings. The molecule has 0 atom stereocenters. The second-order valence-corrected chi connectivity index (χ2v) is 10.5. The van der Waals surface area contributed by atoms with Crippen molar-refractivity contribution in [2.75, 3.05) is 0 Å². The second kappa shape index (κ2) is 6.73. The van der Waals surface area contributed by atoms with Gasteiger partial charge in [0.2, 0.25) is 0 Å². The fourth-order valence-electron chi connectivity index (χ4n) is 1.85. The van der Waals surface area contributed by atoms with Crippen LogP contribution in [0.15, 0.2) is 12.2 Å². The molecule has 4 heteroatoms. The van der Waals surface area contributed by atoms with E-state index in [1.165, 1.54) is 0 Å². The predicted molar refractivity (Wildman–Crippen MR) is 87.9 cm³/mol. The minimum atomic E-state index is -2.81. The molecular formula is C16H34O3Si. The first-order valence-electron chi connectivity index (χ1n) is 7.40. The van der Waals surface area contributed by atoms with Crippen LogP contribution < -0.4 is 0 Å². The van der Waals surface area contributed by atoms with Gasteiger partial charge in [0.15, 0.2) is 0 Å². The van der Waals surface area contributed by atoms with E-state index < -0.39 is 8.80 Å². The van der Waals surface area contributed by atoms with Gasteiger partial charge in [-0.05, 0) is 69.2 Å². The normalized spacial score (nSPS) is 15.1. The predicted octanol–water partition coefficient (Wildman–Crippen LogP) is 4.95. The maximum Gasteiger partial charge on any atom is 0.506 e. The van der Waals surface area contributed by atoms with Crippen LogP contribution in [0.3, 0.4) is 0 Å². The van der Waals surface area contributed by atoms with Gasteiger partial charge in [-0.15, -0.1) is 0 Å².